The molecule has 0 radical (unpaired) electrons. The first-order valence-electron chi connectivity index (χ1n) is 3.18. The Morgan fingerprint density at radius 3 is 2.82 bits per heavy atom. The van der Waals surface area contributed by atoms with Crippen molar-refractivity contribution in [1.82, 2.24) is 10.2 Å². The fourth-order valence-electron chi connectivity index (χ4n) is 0.590. The van der Waals surface area contributed by atoms with E-state index in [1.54, 1.807) is 0 Å². The van der Waals surface area contributed by atoms with Crippen LogP contribution in [0.5, 0.6) is 0 Å². The van der Waals surface area contributed by atoms with Gasteiger partial charge in [0.2, 0.25) is 0 Å². The van der Waals surface area contributed by atoms with Gasteiger partial charge in [-0.2, -0.15) is 5.10 Å². The van der Waals surface area contributed by atoms with Gasteiger partial charge in [0.1, 0.15) is 5.69 Å². The second-order valence-electron chi connectivity index (χ2n) is 2.00. The summed E-state index contributed by atoms with van der Waals surface area (Å²) in [7, 11) is 0. The van der Waals surface area contributed by atoms with Crippen LogP contribution in [0.3, 0.4) is 0 Å². The van der Waals surface area contributed by atoms with E-state index in [2.05, 4.69) is 38.0 Å². The third kappa shape index (κ3) is 2.69. The molecule has 2 nitrogen and oxygen atoms in total. The van der Waals surface area contributed by atoms with Gasteiger partial charge in [0.25, 0.3) is 0 Å². The second kappa shape index (κ2) is 4.09. The number of aryl methyl sites for hydroxylation is 1. The summed E-state index contributed by atoms with van der Waals surface area (Å²) in [5, 5.41) is 8.40. The van der Waals surface area contributed by atoms with Crippen molar-refractivity contribution in [3.05, 3.63) is 23.5 Å². The predicted molar refractivity (Wildman–Crippen MR) is 47.4 cm³/mol. The molecule has 1 heterocycles. The summed E-state index contributed by atoms with van der Waals surface area (Å²) in [6.45, 7) is 1.90. The summed E-state index contributed by atoms with van der Waals surface area (Å²) in [6.07, 6.45) is 0. The lowest BCUT2D eigenvalue weighted by Gasteiger charge is -1.88. The normalized spacial score (nSPS) is 8.55. The van der Waals surface area contributed by atoms with E-state index in [1.807, 2.05) is 19.1 Å². The maximum Gasteiger partial charge on any atom is 0.135 e. The lowest BCUT2D eigenvalue weighted by atomic mass is 10.3. The Bertz CT molecular complexity index is 281. The molecule has 56 valence electrons. The fraction of sp³-hybridized carbons (Fsp3) is 0.250. The molecule has 11 heavy (non-hydrogen) atoms. The summed E-state index contributed by atoms with van der Waals surface area (Å²) in [5.41, 5.74) is 1.63. The van der Waals surface area contributed by atoms with Gasteiger partial charge < -0.3 is 0 Å². The molecule has 0 aliphatic rings. The minimum atomic E-state index is 0.669. The van der Waals surface area contributed by atoms with Gasteiger partial charge in [0.15, 0.2) is 0 Å². The molecule has 0 amide bonds. The van der Waals surface area contributed by atoms with Crippen LogP contribution in [0.1, 0.15) is 11.4 Å². The zero-order chi connectivity index (χ0) is 8.10. The summed E-state index contributed by atoms with van der Waals surface area (Å²) in [5.74, 6) is 5.70. The van der Waals surface area contributed by atoms with E-state index in [0.29, 0.717) is 5.33 Å². The van der Waals surface area contributed by atoms with E-state index in [1.165, 1.54) is 0 Å². The van der Waals surface area contributed by atoms with Crippen LogP contribution in [0, 0.1) is 18.8 Å². The highest BCUT2D eigenvalue weighted by Crippen LogP contribution is 1.92. The summed E-state index contributed by atoms with van der Waals surface area (Å²) in [6, 6.07) is 3.75. The Hall–Kier alpha value is -0.880. The SMILES string of the molecule is Cc1ccc(C#CCBr)nn1. The smallest absolute Gasteiger partial charge is 0.135 e. The maximum absolute atomic E-state index is 3.87. The Kier molecular flexibility index (Phi) is 3.06. The third-order valence-electron chi connectivity index (χ3n) is 1.08. The Morgan fingerprint density at radius 2 is 2.27 bits per heavy atom. The van der Waals surface area contributed by atoms with Crippen molar-refractivity contribution < 1.29 is 0 Å². The van der Waals surface area contributed by atoms with E-state index in [-0.39, 0.29) is 0 Å². The van der Waals surface area contributed by atoms with Crippen molar-refractivity contribution in [2.45, 2.75) is 6.92 Å². The molecule has 3 heteroatoms. The lowest BCUT2D eigenvalue weighted by molar-refractivity contribution is 0.967. The molecular formula is C8H7BrN2. The number of aromatic nitrogens is 2. The van der Waals surface area contributed by atoms with E-state index < -0.39 is 0 Å². The largest absolute Gasteiger partial charge is 0.155 e. The zero-order valence-corrected chi connectivity index (χ0v) is 7.72. The first-order chi connectivity index (χ1) is 5.33. The Morgan fingerprint density at radius 1 is 1.45 bits per heavy atom. The van der Waals surface area contributed by atoms with Crippen molar-refractivity contribution in [3.63, 3.8) is 0 Å². The lowest BCUT2D eigenvalue weighted by Crippen LogP contribution is -1.88. The minimum Gasteiger partial charge on any atom is -0.155 e. The Labute approximate surface area is 74.2 Å². The fourth-order valence-corrected chi connectivity index (χ4v) is 0.730. The molecule has 1 aromatic rings. The van der Waals surface area contributed by atoms with Gasteiger partial charge in [-0.3, -0.25) is 0 Å². The van der Waals surface area contributed by atoms with Crippen molar-refractivity contribution in [1.29, 1.82) is 0 Å². The molecule has 0 aromatic carbocycles. The molecule has 0 unspecified atom stereocenters. The van der Waals surface area contributed by atoms with Crippen LogP contribution in [-0.4, -0.2) is 15.5 Å². The van der Waals surface area contributed by atoms with Crippen molar-refractivity contribution >= 4 is 15.9 Å². The average Bonchev–Trinajstić information content (AvgIpc) is 2.04. The number of hydrogen-bond donors (Lipinski definition) is 0. The van der Waals surface area contributed by atoms with Crippen LogP contribution in [-0.2, 0) is 0 Å². The van der Waals surface area contributed by atoms with Crippen LogP contribution in [0.25, 0.3) is 0 Å². The molecule has 0 saturated carbocycles. The van der Waals surface area contributed by atoms with E-state index >= 15 is 0 Å². The second-order valence-corrected chi connectivity index (χ2v) is 2.56. The van der Waals surface area contributed by atoms with Gasteiger partial charge >= 0.3 is 0 Å². The highest BCUT2D eigenvalue weighted by molar-refractivity contribution is 9.09. The van der Waals surface area contributed by atoms with Crippen LogP contribution in [0.2, 0.25) is 0 Å². The number of rotatable bonds is 0. The van der Waals surface area contributed by atoms with E-state index in [0.717, 1.165) is 11.4 Å². The number of hydrogen-bond acceptors (Lipinski definition) is 2. The zero-order valence-electron chi connectivity index (χ0n) is 6.13. The molecule has 0 aliphatic carbocycles. The summed E-state index contributed by atoms with van der Waals surface area (Å²) >= 11 is 3.20. The molecule has 0 fully saturated rings. The maximum atomic E-state index is 3.87. The van der Waals surface area contributed by atoms with Gasteiger partial charge in [0, 0.05) is 0 Å². The predicted octanol–water partition coefficient (Wildman–Crippen LogP) is 1.53. The van der Waals surface area contributed by atoms with Crippen LogP contribution in [0.4, 0.5) is 0 Å². The van der Waals surface area contributed by atoms with Crippen molar-refractivity contribution in [2.24, 2.45) is 0 Å². The molecule has 1 aromatic heterocycles. The van der Waals surface area contributed by atoms with Gasteiger partial charge in [-0.1, -0.05) is 21.9 Å². The van der Waals surface area contributed by atoms with Crippen LogP contribution in [0.15, 0.2) is 12.1 Å². The quantitative estimate of drug-likeness (QED) is 0.480. The molecule has 0 spiro atoms. The minimum absolute atomic E-state index is 0.669. The standard InChI is InChI=1S/C8H7BrN2/c1-7-4-5-8(11-10-7)3-2-6-9/h4-5H,6H2,1H3. The van der Waals surface area contributed by atoms with Gasteiger partial charge in [-0.05, 0) is 25.0 Å². The van der Waals surface area contributed by atoms with Crippen molar-refractivity contribution in [2.75, 3.05) is 5.33 Å². The molecular weight excluding hydrogens is 204 g/mol. The first-order valence-corrected chi connectivity index (χ1v) is 4.30. The third-order valence-corrected chi connectivity index (χ3v) is 1.36. The van der Waals surface area contributed by atoms with E-state index in [4.69, 9.17) is 0 Å². The number of halogens is 1. The molecule has 0 atom stereocenters. The molecule has 0 N–H and O–H groups in total. The van der Waals surface area contributed by atoms with Gasteiger partial charge in [-0.15, -0.1) is 5.10 Å². The van der Waals surface area contributed by atoms with E-state index in [9.17, 15) is 0 Å². The van der Waals surface area contributed by atoms with Gasteiger partial charge in [-0.25, -0.2) is 0 Å². The molecule has 0 bridgehead atoms. The molecule has 1 rings (SSSR count). The average molecular weight is 211 g/mol. The topological polar surface area (TPSA) is 25.8 Å². The molecule has 0 saturated heterocycles. The van der Waals surface area contributed by atoms with Gasteiger partial charge in [0.05, 0.1) is 11.0 Å². The van der Waals surface area contributed by atoms with Crippen molar-refractivity contribution in [3.8, 4) is 11.8 Å². The summed E-state index contributed by atoms with van der Waals surface area (Å²) < 4.78 is 0. The van der Waals surface area contributed by atoms with Crippen LogP contribution >= 0.6 is 15.9 Å². The number of nitrogens with zero attached hydrogens (tertiary/aromatic N) is 2. The first kappa shape index (κ1) is 8.22. The van der Waals surface area contributed by atoms with Crippen LogP contribution < -0.4 is 0 Å². The highest BCUT2D eigenvalue weighted by atomic mass is 79.9. The summed E-state index contributed by atoms with van der Waals surface area (Å²) in [4.78, 5) is 0. The monoisotopic (exact) mass is 210 g/mol. The molecule has 0 aliphatic heterocycles. The Balaban J connectivity index is 2.82. The number of alkyl halides is 1. The highest BCUT2D eigenvalue weighted by Gasteiger charge is 1.87.